The van der Waals surface area contributed by atoms with Crippen LogP contribution in [0.25, 0.3) is 0 Å². The number of nitrogens with one attached hydrogen (secondary N) is 2. The van der Waals surface area contributed by atoms with Crippen LogP contribution in [0.4, 0.5) is 5.82 Å². The highest BCUT2D eigenvalue weighted by atomic mass is 16.5. The lowest BCUT2D eigenvalue weighted by molar-refractivity contribution is 0.0285. The summed E-state index contributed by atoms with van der Waals surface area (Å²) in [5, 5.41) is 8.82. The molecule has 0 spiro atoms. The largest absolute Gasteiger partial charge is 0.383 e. The molecule has 0 bridgehead atoms. The fourth-order valence-electron chi connectivity index (χ4n) is 1.18. The third-order valence-corrected chi connectivity index (χ3v) is 2.09. The van der Waals surface area contributed by atoms with Crippen LogP contribution in [0.15, 0.2) is 6.20 Å². The van der Waals surface area contributed by atoms with Crippen molar-refractivity contribution in [2.45, 2.75) is 6.10 Å². The fraction of sp³-hybridized carbons (Fsp3) is 0.556. The topological polar surface area (TPSA) is 102 Å². The average Bonchev–Trinajstić information content (AvgIpc) is 2.70. The molecule has 1 heterocycles. The lowest BCUT2D eigenvalue weighted by Gasteiger charge is -2.14. The number of hydrogen-bond acceptors (Lipinski definition) is 5. The number of amides is 1. The molecule has 7 nitrogen and oxygen atoms in total. The number of anilines is 1. The van der Waals surface area contributed by atoms with E-state index in [2.05, 4.69) is 15.5 Å². The lowest BCUT2D eigenvalue weighted by Crippen LogP contribution is -2.35. The number of methoxy groups -OCH3 is 2. The number of nitrogens with two attached hydrogens (primary N) is 1. The number of ether oxygens (including phenoxy) is 2. The number of H-pyrrole nitrogens is 1. The first-order valence-corrected chi connectivity index (χ1v) is 4.77. The summed E-state index contributed by atoms with van der Waals surface area (Å²) < 4.78 is 10.0. The second-order valence-electron chi connectivity index (χ2n) is 3.22. The minimum absolute atomic E-state index is 0.179. The molecule has 7 heteroatoms. The molecule has 0 aliphatic heterocycles. The fourth-order valence-corrected chi connectivity index (χ4v) is 1.18. The van der Waals surface area contributed by atoms with Gasteiger partial charge < -0.3 is 20.5 Å². The Kier molecular flexibility index (Phi) is 4.74. The van der Waals surface area contributed by atoms with E-state index < -0.39 is 0 Å². The van der Waals surface area contributed by atoms with Crippen LogP contribution in [0.1, 0.15) is 10.4 Å². The van der Waals surface area contributed by atoms with Crippen LogP contribution in [0, 0.1) is 0 Å². The van der Waals surface area contributed by atoms with Gasteiger partial charge in [-0.15, -0.1) is 0 Å². The first-order chi connectivity index (χ1) is 7.69. The Morgan fingerprint density at radius 2 is 2.44 bits per heavy atom. The summed E-state index contributed by atoms with van der Waals surface area (Å²) in [6.07, 6.45) is 1.20. The number of aromatic amines is 1. The zero-order valence-electron chi connectivity index (χ0n) is 9.32. The second kappa shape index (κ2) is 6.09. The van der Waals surface area contributed by atoms with Gasteiger partial charge in [0, 0.05) is 20.8 Å². The minimum Gasteiger partial charge on any atom is -0.383 e. The Morgan fingerprint density at radius 3 is 2.94 bits per heavy atom. The van der Waals surface area contributed by atoms with E-state index in [0.29, 0.717) is 18.7 Å². The van der Waals surface area contributed by atoms with Crippen molar-refractivity contribution in [2.75, 3.05) is 33.1 Å². The van der Waals surface area contributed by atoms with E-state index in [0.717, 1.165) is 0 Å². The highest BCUT2D eigenvalue weighted by molar-refractivity contribution is 5.98. The Labute approximate surface area is 93.3 Å². The molecule has 16 heavy (non-hydrogen) atoms. The molecule has 0 saturated carbocycles. The smallest absolute Gasteiger partial charge is 0.256 e. The van der Waals surface area contributed by atoms with Gasteiger partial charge in [0.05, 0.1) is 18.9 Å². The molecule has 0 aliphatic carbocycles. The van der Waals surface area contributed by atoms with Crippen molar-refractivity contribution in [3.05, 3.63) is 11.8 Å². The molecule has 1 atom stereocenters. The zero-order chi connectivity index (χ0) is 12.0. The van der Waals surface area contributed by atoms with Crippen molar-refractivity contribution >= 4 is 11.7 Å². The van der Waals surface area contributed by atoms with Crippen molar-refractivity contribution in [2.24, 2.45) is 0 Å². The molecule has 0 saturated heterocycles. The Balaban J connectivity index is 2.43. The van der Waals surface area contributed by atoms with Gasteiger partial charge in [-0.1, -0.05) is 0 Å². The molecular weight excluding hydrogens is 212 g/mol. The maximum Gasteiger partial charge on any atom is 0.256 e. The first kappa shape index (κ1) is 12.5. The summed E-state index contributed by atoms with van der Waals surface area (Å²) >= 11 is 0. The van der Waals surface area contributed by atoms with E-state index in [1.807, 2.05) is 0 Å². The maximum atomic E-state index is 11.6. The third-order valence-electron chi connectivity index (χ3n) is 2.09. The predicted molar refractivity (Wildman–Crippen MR) is 58.0 cm³/mol. The maximum absolute atomic E-state index is 11.6. The first-order valence-electron chi connectivity index (χ1n) is 4.77. The van der Waals surface area contributed by atoms with Crippen LogP contribution in [0.3, 0.4) is 0 Å². The van der Waals surface area contributed by atoms with E-state index in [1.165, 1.54) is 6.20 Å². The summed E-state index contributed by atoms with van der Waals surface area (Å²) in [5.41, 5.74) is 5.83. The third kappa shape index (κ3) is 3.21. The molecule has 1 unspecified atom stereocenters. The Morgan fingerprint density at radius 1 is 1.69 bits per heavy atom. The van der Waals surface area contributed by atoms with Crippen LogP contribution in [0.5, 0.6) is 0 Å². The summed E-state index contributed by atoms with van der Waals surface area (Å²) in [4.78, 5) is 11.6. The monoisotopic (exact) mass is 228 g/mol. The summed E-state index contributed by atoms with van der Waals surface area (Å²) in [6.45, 7) is 0.769. The van der Waals surface area contributed by atoms with Gasteiger partial charge in [0.2, 0.25) is 0 Å². The van der Waals surface area contributed by atoms with E-state index in [9.17, 15) is 4.79 Å². The minimum atomic E-state index is -0.288. The number of nitrogens with zero attached hydrogens (tertiary/aromatic N) is 1. The van der Waals surface area contributed by atoms with Gasteiger partial charge in [0.1, 0.15) is 11.4 Å². The van der Waals surface area contributed by atoms with Crippen LogP contribution in [-0.2, 0) is 9.47 Å². The second-order valence-corrected chi connectivity index (χ2v) is 3.22. The van der Waals surface area contributed by atoms with Crippen molar-refractivity contribution in [3.8, 4) is 0 Å². The Bertz CT molecular complexity index is 339. The molecule has 0 aromatic carbocycles. The highest BCUT2D eigenvalue weighted by Crippen LogP contribution is 2.05. The molecule has 4 N–H and O–H groups in total. The van der Waals surface area contributed by atoms with Gasteiger partial charge >= 0.3 is 0 Å². The molecule has 1 aromatic heterocycles. The number of carbonyl (C=O) groups excluding carboxylic acids is 1. The van der Waals surface area contributed by atoms with E-state index in [4.69, 9.17) is 15.2 Å². The van der Waals surface area contributed by atoms with Crippen molar-refractivity contribution in [3.63, 3.8) is 0 Å². The normalized spacial score (nSPS) is 12.4. The Hall–Kier alpha value is -1.60. The van der Waals surface area contributed by atoms with Crippen molar-refractivity contribution in [1.82, 2.24) is 15.5 Å². The van der Waals surface area contributed by atoms with Gasteiger partial charge in [0.25, 0.3) is 5.91 Å². The van der Waals surface area contributed by atoms with Crippen LogP contribution >= 0.6 is 0 Å². The number of aromatic nitrogens is 2. The molecule has 1 aromatic rings. The summed E-state index contributed by atoms with van der Waals surface area (Å²) in [5.74, 6) is -0.0392. The van der Waals surface area contributed by atoms with Crippen molar-refractivity contribution < 1.29 is 14.3 Å². The zero-order valence-corrected chi connectivity index (χ0v) is 9.32. The van der Waals surface area contributed by atoms with Crippen LogP contribution < -0.4 is 11.1 Å². The van der Waals surface area contributed by atoms with Crippen molar-refractivity contribution in [1.29, 1.82) is 0 Å². The highest BCUT2D eigenvalue weighted by Gasteiger charge is 2.13. The van der Waals surface area contributed by atoms with E-state index in [1.54, 1.807) is 14.2 Å². The van der Waals surface area contributed by atoms with Gasteiger partial charge in [-0.3, -0.25) is 9.89 Å². The SMILES string of the molecule is COCC(CNC(=O)c1cn[nH]c1N)OC. The molecule has 0 fully saturated rings. The van der Waals surface area contributed by atoms with E-state index >= 15 is 0 Å². The molecule has 1 rings (SSSR count). The van der Waals surface area contributed by atoms with Crippen LogP contribution in [-0.4, -0.2) is 49.6 Å². The molecule has 90 valence electrons. The molecule has 0 aliphatic rings. The van der Waals surface area contributed by atoms with Gasteiger partial charge in [0.15, 0.2) is 0 Å². The van der Waals surface area contributed by atoms with Gasteiger partial charge in [-0.25, -0.2) is 0 Å². The lowest BCUT2D eigenvalue weighted by atomic mass is 10.3. The molecule has 1 amide bonds. The predicted octanol–water partition coefficient (Wildman–Crippen LogP) is -0.617. The number of carbonyl (C=O) groups is 1. The van der Waals surface area contributed by atoms with Crippen LogP contribution in [0.2, 0.25) is 0 Å². The number of hydrogen-bond donors (Lipinski definition) is 3. The molecular formula is C9H16N4O3. The summed E-state index contributed by atoms with van der Waals surface area (Å²) in [6, 6.07) is 0. The van der Waals surface area contributed by atoms with E-state index in [-0.39, 0.29) is 17.8 Å². The van der Waals surface area contributed by atoms with Gasteiger partial charge in [-0.05, 0) is 0 Å². The summed E-state index contributed by atoms with van der Waals surface area (Å²) in [7, 11) is 3.13. The average molecular weight is 228 g/mol. The van der Waals surface area contributed by atoms with Gasteiger partial charge in [-0.2, -0.15) is 5.10 Å². The number of nitrogen functional groups attached to an aromatic ring is 1. The quantitative estimate of drug-likeness (QED) is 0.602. The molecule has 0 radical (unpaired) electrons. The number of rotatable bonds is 6. The standard InChI is InChI=1S/C9H16N4O3/c1-15-5-6(16-2)3-11-9(14)7-4-12-13-8(7)10/h4,6H,3,5H2,1-2H3,(H,11,14)(H3,10,12,13).